The lowest BCUT2D eigenvalue weighted by molar-refractivity contribution is -0.465. The van der Waals surface area contributed by atoms with E-state index in [9.17, 15) is 93.0 Å². The van der Waals surface area contributed by atoms with Gasteiger partial charge in [0.15, 0.2) is 0 Å². The first-order valence-corrected chi connectivity index (χ1v) is 17.4. The third kappa shape index (κ3) is 6.69. The number of hydrogen-bond acceptors (Lipinski definition) is 4. The quantitative estimate of drug-likeness (QED) is 0.189. The third-order valence-corrected chi connectivity index (χ3v) is 13.5. The highest BCUT2D eigenvalue weighted by molar-refractivity contribution is 5.74. The van der Waals surface area contributed by atoms with Crippen LogP contribution in [0.1, 0.15) is 59.8 Å². The van der Waals surface area contributed by atoms with Crippen LogP contribution in [-0.4, -0.2) is 73.3 Å². The molecular weight excluding hydrogens is 821 g/mol. The maximum absolute atomic E-state index is 13.8. The molecule has 0 aliphatic heterocycles. The maximum atomic E-state index is 13.8. The lowest BCUT2D eigenvalue weighted by Crippen LogP contribution is -2.78. The lowest BCUT2D eigenvalue weighted by atomic mass is 9.74. The molecule has 5 aliphatic carbocycles. The van der Waals surface area contributed by atoms with Crippen molar-refractivity contribution < 1.29 is 102 Å². The number of hydrogen-bond donors (Lipinski definition) is 0. The largest absolute Gasteiger partial charge is 0.465 e. The van der Waals surface area contributed by atoms with Gasteiger partial charge in [0, 0.05) is 6.42 Å². The van der Waals surface area contributed by atoms with E-state index in [0.29, 0.717) is 25.2 Å². The summed E-state index contributed by atoms with van der Waals surface area (Å²) in [5, 5.41) is 0. The first-order valence-electron chi connectivity index (χ1n) is 17.4. The van der Waals surface area contributed by atoms with E-state index in [4.69, 9.17) is 0 Å². The van der Waals surface area contributed by atoms with E-state index >= 15 is 0 Å². The predicted molar refractivity (Wildman–Crippen MR) is 151 cm³/mol. The highest BCUT2D eigenvalue weighted by Gasteiger charge is 2.95. The second-order valence-electron chi connectivity index (χ2n) is 15.9. The Morgan fingerprint density at radius 3 is 1.16 bits per heavy atom. The van der Waals surface area contributed by atoms with Crippen LogP contribution in [0.4, 0.5) is 83.4 Å². The summed E-state index contributed by atoms with van der Waals surface area (Å²) in [5.74, 6) is -40.6. The van der Waals surface area contributed by atoms with Gasteiger partial charge in [-0.2, -0.15) is 83.4 Å². The van der Waals surface area contributed by atoms with Gasteiger partial charge in [-0.05, 0) is 73.0 Å². The van der Waals surface area contributed by atoms with Crippen molar-refractivity contribution in [3.8, 4) is 0 Å². The first-order chi connectivity index (χ1) is 25.0. The summed E-state index contributed by atoms with van der Waals surface area (Å²) in [5.41, 5.74) is -5.94. The summed E-state index contributed by atoms with van der Waals surface area (Å²) in [4.78, 5) is 24.2. The van der Waals surface area contributed by atoms with Crippen molar-refractivity contribution in [1.82, 2.24) is 0 Å². The number of fused-ring (bicyclic) bond motifs is 4. The summed E-state index contributed by atoms with van der Waals surface area (Å²) >= 11 is 0. The van der Waals surface area contributed by atoms with Crippen LogP contribution in [0.25, 0.3) is 0 Å². The molecule has 0 radical (unpaired) electrons. The summed E-state index contributed by atoms with van der Waals surface area (Å²) < 4.78 is 260. The minimum absolute atomic E-state index is 0.0243. The molecule has 56 heavy (non-hydrogen) atoms. The number of alkyl halides is 19. The Morgan fingerprint density at radius 1 is 0.518 bits per heavy atom. The van der Waals surface area contributed by atoms with Gasteiger partial charge in [-0.25, -0.2) is 0 Å². The fourth-order valence-corrected chi connectivity index (χ4v) is 9.51. The first kappa shape index (κ1) is 46.3. The Labute approximate surface area is 306 Å². The van der Waals surface area contributed by atoms with E-state index in [0.717, 1.165) is 0 Å². The molecule has 4 nitrogen and oxygen atoms in total. The number of halogens is 19. The van der Waals surface area contributed by atoms with Gasteiger partial charge in [-0.3, -0.25) is 9.59 Å². The molecule has 0 aromatic heterocycles. The van der Waals surface area contributed by atoms with Crippen LogP contribution >= 0.6 is 0 Å². The minimum atomic E-state index is -7.01. The zero-order valence-electron chi connectivity index (χ0n) is 29.6. The molecule has 5 aliphatic rings. The minimum Gasteiger partial charge on any atom is -0.465 e. The van der Waals surface area contributed by atoms with Crippen LogP contribution in [-0.2, 0) is 19.1 Å². The predicted octanol–water partition coefficient (Wildman–Crippen LogP) is 10.8. The Hall–Kier alpha value is -2.39. The van der Waals surface area contributed by atoms with E-state index in [1.165, 1.54) is 0 Å². The van der Waals surface area contributed by atoms with Gasteiger partial charge in [0.05, 0.1) is 18.4 Å². The number of carbonyl (C=O) groups is 2. The molecule has 0 saturated heterocycles. The van der Waals surface area contributed by atoms with E-state index in [1.54, 1.807) is 0 Å². The van der Waals surface area contributed by atoms with Crippen LogP contribution < -0.4 is 0 Å². The average molecular weight is 859 g/mol. The van der Waals surface area contributed by atoms with E-state index in [2.05, 4.69) is 9.47 Å². The van der Waals surface area contributed by atoms with Crippen molar-refractivity contribution in [2.75, 3.05) is 13.2 Å². The number of esters is 2. The second kappa shape index (κ2) is 14.1. The van der Waals surface area contributed by atoms with Crippen LogP contribution in [0.2, 0.25) is 0 Å². The van der Waals surface area contributed by atoms with Gasteiger partial charge < -0.3 is 9.47 Å². The topological polar surface area (TPSA) is 52.6 Å². The van der Waals surface area contributed by atoms with Crippen molar-refractivity contribution in [2.45, 2.75) is 108 Å². The molecule has 5 fully saturated rings. The van der Waals surface area contributed by atoms with E-state index in [-0.39, 0.29) is 47.8 Å². The van der Waals surface area contributed by atoms with E-state index < -0.39 is 103 Å². The normalized spacial score (nSPS) is 36.8. The maximum Gasteiger partial charge on any atom is 0.412 e. The zero-order chi connectivity index (χ0) is 43.4. The van der Waals surface area contributed by atoms with Gasteiger partial charge in [0.2, 0.25) is 0 Å². The molecule has 0 aromatic carbocycles. The molecule has 326 valence electrons. The molecule has 5 rings (SSSR count). The summed E-state index contributed by atoms with van der Waals surface area (Å²) in [6.07, 6.45) is -20.4. The standard InChI is InChI=1S/C17H18F10O2.C16H19F9O2/c1-6-7(2)9-3-8(6)4-10(9)12(28)29-5-11-13(18,19)15(22,23)17(26,27)16(24,25)14(11,20)21;1-7-8(2)10-5-9(7)6-11(10)12(26)27-4-3-13(14(17,18)19,15(20,21)22)16(23,24)25/h6-11H,3-5H2,1-2H3;7-11H,3-6H2,1-2H3. The average Bonchev–Trinajstić information content (AvgIpc) is 3.79. The number of ether oxygens (including phenoxy) is 2. The van der Waals surface area contributed by atoms with Gasteiger partial charge >= 0.3 is 60.1 Å². The lowest BCUT2D eigenvalue weighted by Gasteiger charge is -2.49. The van der Waals surface area contributed by atoms with Crippen LogP contribution in [0.5, 0.6) is 0 Å². The zero-order valence-corrected chi connectivity index (χ0v) is 29.6. The molecular formula is C33H37F19O4. The summed E-state index contributed by atoms with van der Waals surface area (Å²) in [6.45, 7) is 3.77. The SMILES string of the molecule is CC1C2CC(C(=O)OCC3C(F)(F)C(F)(F)C(F)(F)C(F)(F)C3(F)F)C(C2)C1C.CC1C2CC(C(=O)OCCC(C(F)(F)F)(C(F)(F)F)C(F)(F)F)C(C2)C1C. The van der Waals surface area contributed by atoms with Crippen molar-refractivity contribution in [1.29, 1.82) is 0 Å². The molecule has 4 bridgehead atoms. The Morgan fingerprint density at radius 2 is 0.857 bits per heavy atom. The highest BCUT2D eigenvalue weighted by atomic mass is 19.4. The van der Waals surface area contributed by atoms with Gasteiger partial charge in [0.25, 0.3) is 5.41 Å². The van der Waals surface area contributed by atoms with Gasteiger partial charge in [0.1, 0.15) is 12.5 Å². The second-order valence-corrected chi connectivity index (χ2v) is 15.9. The van der Waals surface area contributed by atoms with E-state index in [1.807, 2.05) is 27.7 Å². The summed E-state index contributed by atoms with van der Waals surface area (Å²) in [6, 6.07) is 0. The fourth-order valence-electron chi connectivity index (χ4n) is 9.51. The molecule has 10 unspecified atom stereocenters. The van der Waals surface area contributed by atoms with Crippen molar-refractivity contribution in [3.05, 3.63) is 0 Å². The molecule has 0 heterocycles. The molecule has 23 heteroatoms. The van der Waals surface area contributed by atoms with Crippen molar-refractivity contribution in [2.24, 2.45) is 70.5 Å². The third-order valence-electron chi connectivity index (χ3n) is 13.5. The molecule has 5 saturated carbocycles. The monoisotopic (exact) mass is 858 g/mol. The van der Waals surface area contributed by atoms with Crippen LogP contribution in [0, 0.1) is 70.5 Å². The Bertz CT molecular complexity index is 1400. The smallest absolute Gasteiger partial charge is 0.412 e. The molecule has 0 N–H and O–H groups in total. The molecule has 10 atom stereocenters. The van der Waals surface area contributed by atoms with Crippen LogP contribution in [0.15, 0.2) is 0 Å². The number of carbonyl (C=O) groups excluding carboxylic acids is 2. The molecule has 0 amide bonds. The molecule has 0 aromatic rings. The molecule has 0 spiro atoms. The van der Waals surface area contributed by atoms with Crippen LogP contribution in [0.3, 0.4) is 0 Å². The highest BCUT2D eigenvalue weighted by Crippen LogP contribution is 2.67. The Kier molecular flexibility index (Phi) is 11.7. The fraction of sp³-hybridized carbons (Fsp3) is 0.939. The number of rotatable bonds is 7. The summed E-state index contributed by atoms with van der Waals surface area (Å²) in [7, 11) is 0. The van der Waals surface area contributed by atoms with Gasteiger partial charge in [-0.15, -0.1) is 0 Å². The Balaban J connectivity index is 0.000000249. The van der Waals surface area contributed by atoms with Gasteiger partial charge in [-0.1, -0.05) is 27.7 Å². The van der Waals surface area contributed by atoms with Crippen molar-refractivity contribution in [3.63, 3.8) is 0 Å². The van der Waals surface area contributed by atoms with Crippen molar-refractivity contribution >= 4 is 11.9 Å².